The summed E-state index contributed by atoms with van der Waals surface area (Å²) < 4.78 is 1.08. The van der Waals surface area contributed by atoms with E-state index in [1.165, 1.54) is 5.57 Å². The molecule has 4 heteroatoms. The Morgan fingerprint density at radius 2 is 2.05 bits per heavy atom. The summed E-state index contributed by atoms with van der Waals surface area (Å²) >= 11 is 3.45. The first kappa shape index (κ1) is 12.6. The summed E-state index contributed by atoms with van der Waals surface area (Å²) in [5.41, 5.74) is 4.52. The second kappa shape index (κ2) is 5.31. The molecule has 1 aromatic heterocycles. The van der Waals surface area contributed by atoms with Gasteiger partial charge in [-0.15, -0.1) is 0 Å². The summed E-state index contributed by atoms with van der Waals surface area (Å²) in [6.07, 6.45) is 3.36. The molecular weight excluding hydrogens is 302 g/mol. The second-order valence-corrected chi connectivity index (χ2v) is 5.84. The largest absolute Gasteiger partial charge is 0.310 e. The van der Waals surface area contributed by atoms with E-state index in [-0.39, 0.29) is 0 Å². The van der Waals surface area contributed by atoms with Crippen LogP contribution in [0, 0.1) is 0 Å². The quantitative estimate of drug-likeness (QED) is 0.888. The molecule has 98 valence electrons. The zero-order valence-corrected chi connectivity index (χ0v) is 12.4. The van der Waals surface area contributed by atoms with E-state index < -0.39 is 0 Å². The van der Waals surface area contributed by atoms with Crippen LogP contribution in [0.15, 0.2) is 40.9 Å². The Balaban J connectivity index is 1.85. The summed E-state index contributed by atoms with van der Waals surface area (Å²) in [6, 6.07) is 10.9. The van der Waals surface area contributed by atoms with Gasteiger partial charge in [0.2, 0.25) is 0 Å². The molecule has 0 aliphatic carbocycles. The van der Waals surface area contributed by atoms with Crippen LogP contribution in [0.25, 0.3) is 16.8 Å². The highest BCUT2D eigenvalue weighted by molar-refractivity contribution is 9.10. The number of hydrogen-bond acceptors (Lipinski definition) is 2. The highest BCUT2D eigenvalue weighted by Gasteiger charge is 2.13. The Bertz CT molecular complexity index is 598. The molecule has 1 atom stereocenters. The topological polar surface area (TPSA) is 40.7 Å². The molecule has 19 heavy (non-hydrogen) atoms. The Hall–Kier alpha value is -1.39. The van der Waals surface area contributed by atoms with Crippen molar-refractivity contribution in [3.8, 4) is 11.3 Å². The Morgan fingerprint density at radius 3 is 2.74 bits per heavy atom. The number of benzene rings is 1. The highest BCUT2D eigenvalue weighted by atomic mass is 79.9. The zero-order chi connectivity index (χ0) is 13.2. The van der Waals surface area contributed by atoms with Gasteiger partial charge >= 0.3 is 0 Å². The van der Waals surface area contributed by atoms with Gasteiger partial charge in [0.1, 0.15) is 0 Å². The molecule has 1 aromatic carbocycles. The van der Waals surface area contributed by atoms with E-state index in [1.807, 2.05) is 12.1 Å². The lowest BCUT2D eigenvalue weighted by Crippen LogP contribution is -2.30. The Labute approximate surface area is 121 Å². The van der Waals surface area contributed by atoms with Crippen LogP contribution in [-0.4, -0.2) is 22.8 Å². The van der Waals surface area contributed by atoms with Crippen LogP contribution in [0.1, 0.15) is 19.0 Å². The Morgan fingerprint density at radius 1 is 1.26 bits per heavy atom. The number of nitrogens with zero attached hydrogens (tertiary/aromatic N) is 1. The first-order valence-electron chi connectivity index (χ1n) is 6.46. The number of rotatable bonds is 2. The molecule has 0 spiro atoms. The monoisotopic (exact) mass is 317 g/mol. The van der Waals surface area contributed by atoms with Crippen molar-refractivity contribution in [2.75, 3.05) is 6.54 Å². The average Bonchev–Trinajstić information content (AvgIpc) is 2.90. The fourth-order valence-corrected chi connectivity index (χ4v) is 2.48. The van der Waals surface area contributed by atoms with Gasteiger partial charge in [0.05, 0.1) is 11.4 Å². The third kappa shape index (κ3) is 2.80. The second-order valence-electron chi connectivity index (χ2n) is 4.92. The van der Waals surface area contributed by atoms with Gasteiger partial charge in [-0.25, -0.2) is 0 Å². The van der Waals surface area contributed by atoms with E-state index in [1.54, 1.807) is 0 Å². The summed E-state index contributed by atoms with van der Waals surface area (Å²) in [7, 11) is 0. The first-order chi connectivity index (χ1) is 9.22. The van der Waals surface area contributed by atoms with Gasteiger partial charge in [-0.2, -0.15) is 5.10 Å². The smallest absolute Gasteiger partial charge is 0.0927 e. The molecular formula is C15H16BrN3. The molecule has 0 saturated heterocycles. The molecule has 2 heterocycles. The highest BCUT2D eigenvalue weighted by Crippen LogP contribution is 2.24. The van der Waals surface area contributed by atoms with Crippen molar-refractivity contribution in [2.45, 2.75) is 19.4 Å². The van der Waals surface area contributed by atoms with Gasteiger partial charge in [0.25, 0.3) is 0 Å². The van der Waals surface area contributed by atoms with Crippen LogP contribution in [0.5, 0.6) is 0 Å². The van der Waals surface area contributed by atoms with Gasteiger partial charge in [0, 0.05) is 22.6 Å². The fraction of sp³-hybridized carbons (Fsp3) is 0.267. The predicted octanol–water partition coefficient (Wildman–Crippen LogP) is 3.60. The minimum atomic E-state index is 0.567. The molecule has 2 N–H and O–H groups in total. The van der Waals surface area contributed by atoms with Crippen molar-refractivity contribution >= 4 is 21.5 Å². The maximum Gasteiger partial charge on any atom is 0.0927 e. The maximum atomic E-state index is 4.40. The van der Waals surface area contributed by atoms with E-state index in [0.717, 1.165) is 34.4 Å². The van der Waals surface area contributed by atoms with Gasteiger partial charge in [-0.3, -0.25) is 5.10 Å². The molecule has 3 nitrogen and oxygen atoms in total. The maximum absolute atomic E-state index is 4.40. The minimum Gasteiger partial charge on any atom is -0.310 e. The summed E-state index contributed by atoms with van der Waals surface area (Å²) in [5, 5.41) is 11.0. The van der Waals surface area contributed by atoms with Gasteiger partial charge < -0.3 is 5.32 Å². The van der Waals surface area contributed by atoms with E-state index >= 15 is 0 Å². The van der Waals surface area contributed by atoms with Crippen LogP contribution in [-0.2, 0) is 0 Å². The van der Waals surface area contributed by atoms with E-state index in [2.05, 4.69) is 62.6 Å². The van der Waals surface area contributed by atoms with Crippen molar-refractivity contribution < 1.29 is 0 Å². The predicted molar refractivity (Wildman–Crippen MR) is 81.8 cm³/mol. The van der Waals surface area contributed by atoms with E-state index in [9.17, 15) is 0 Å². The summed E-state index contributed by atoms with van der Waals surface area (Å²) in [4.78, 5) is 0. The average molecular weight is 318 g/mol. The van der Waals surface area contributed by atoms with Gasteiger partial charge in [0.15, 0.2) is 0 Å². The van der Waals surface area contributed by atoms with E-state index in [4.69, 9.17) is 0 Å². The molecule has 0 radical (unpaired) electrons. The number of hydrogen-bond donors (Lipinski definition) is 2. The third-order valence-electron chi connectivity index (χ3n) is 3.42. The summed E-state index contributed by atoms with van der Waals surface area (Å²) in [5.74, 6) is 0. The van der Waals surface area contributed by atoms with Crippen molar-refractivity contribution in [3.63, 3.8) is 0 Å². The molecule has 2 aromatic rings. The van der Waals surface area contributed by atoms with Crippen LogP contribution < -0.4 is 5.32 Å². The molecule has 0 fully saturated rings. The van der Waals surface area contributed by atoms with Crippen LogP contribution in [0.2, 0.25) is 0 Å². The van der Waals surface area contributed by atoms with Gasteiger partial charge in [-0.1, -0.05) is 34.1 Å². The molecule has 0 amide bonds. The number of aromatic amines is 1. The number of halogens is 1. The lowest BCUT2D eigenvalue weighted by atomic mass is 10.0. The molecule has 1 aliphatic heterocycles. The van der Waals surface area contributed by atoms with Crippen molar-refractivity contribution in [2.24, 2.45) is 0 Å². The number of aromatic nitrogens is 2. The summed E-state index contributed by atoms with van der Waals surface area (Å²) in [6.45, 7) is 3.11. The van der Waals surface area contributed by atoms with Crippen molar-refractivity contribution in [3.05, 3.63) is 46.6 Å². The lowest BCUT2D eigenvalue weighted by Gasteiger charge is -2.19. The zero-order valence-electron chi connectivity index (χ0n) is 10.8. The van der Waals surface area contributed by atoms with Crippen LogP contribution >= 0.6 is 15.9 Å². The first-order valence-corrected chi connectivity index (χ1v) is 7.26. The standard InChI is InChI=1S/C15H16BrN3/c1-10-2-3-12(9-17-10)15-8-14(18-19-15)11-4-6-13(16)7-5-11/h3-8,10,17H,2,9H2,1H3,(H,18,19). The lowest BCUT2D eigenvalue weighted by molar-refractivity contribution is 0.577. The normalized spacial score (nSPS) is 19.3. The van der Waals surface area contributed by atoms with Gasteiger partial charge in [-0.05, 0) is 37.1 Å². The SMILES string of the molecule is CC1CC=C(c2cc(-c3ccc(Br)cc3)n[nH]2)CN1. The molecule has 1 aliphatic rings. The number of H-pyrrole nitrogens is 1. The molecule has 0 saturated carbocycles. The number of nitrogens with one attached hydrogen (secondary N) is 2. The molecule has 3 rings (SSSR count). The van der Waals surface area contributed by atoms with Crippen molar-refractivity contribution in [1.82, 2.24) is 15.5 Å². The van der Waals surface area contributed by atoms with Crippen molar-refractivity contribution in [1.29, 1.82) is 0 Å². The van der Waals surface area contributed by atoms with E-state index in [0.29, 0.717) is 6.04 Å². The third-order valence-corrected chi connectivity index (χ3v) is 3.95. The molecule has 1 unspecified atom stereocenters. The Kier molecular flexibility index (Phi) is 3.53. The molecule has 0 bridgehead atoms. The van der Waals surface area contributed by atoms with Crippen LogP contribution in [0.3, 0.4) is 0 Å². The van der Waals surface area contributed by atoms with Crippen LogP contribution in [0.4, 0.5) is 0 Å². The fourth-order valence-electron chi connectivity index (χ4n) is 2.22. The minimum absolute atomic E-state index is 0.567.